The van der Waals surface area contributed by atoms with Gasteiger partial charge in [0.05, 0.1) is 19.8 Å². The smallest absolute Gasteiger partial charge is 0.253 e. The molecule has 2 bridgehead atoms. The van der Waals surface area contributed by atoms with Crippen LogP contribution in [-0.2, 0) is 17.7 Å². The van der Waals surface area contributed by atoms with E-state index in [4.69, 9.17) is 14.6 Å². The number of aliphatic hydroxyl groups is 1. The number of nitrogens with one attached hydrogen (secondary N) is 1. The number of ether oxygens (including phenoxy) is 2. The molecule has 172 valence electrons. The molecule has 2 heterocycles. The number of benzene rings is 2. The third-order valence-corrected chi connectivity index (χ3v) is 6.01. The highest BCUT2D eigenvalue weighted by atomic mass is 16.5. The molecule has 2 aromatic carbocycles. The van der Waals surface area contributed by atoms with Crippen molar-refractivity contribution in [2.24, 2.45) is 0 Å². The van der Waals surface area contributed by atoms with Crippen LogP contribution in [-0.4, -0.2) is 86.5 Å². The second kappa shape index (κ2) is 11.4. The van der Waals surface area contributed by atoms with Gasteiger partial charge in [0.1, 0.15) is 12.4 Å². The monoisotopic (exact) mass is 439 g/mol. The number of nitrogens with zero attached hydrogens (tertiary/aromatic N) is 2. The van der Waals surface area contributed by atoms with E-state index in [0.29, 0.717) is 51.4 Å². The van der Waals surface area contributed by atoms with Crippen LogP contribution in [0.4, 0.5) is 0 Å². The summed E-state index contributed by atoms with van der Waals surface area (Å²) in [6, 6.07) is 14.3. The molecule has 0 aromatic heterocycles. The van der Waals surface area contributed by atoms with Crippen LogP contribution >= 0.6 is 0 Å². The Bertz CT molecular complexity index is 897. The van der Waals surface area contributed by atoms with E-state index in [2.05, 4.69) is 34.5 Å². The maximum absolute atomic E-state index is 13.2. The summed E-state index contributed by atoms with van der Waals surface area (Å²) < 4.78 is 11.7. The van der Waals surface area contributed by atoms with Gasteiger partial charge in [0, 0.05) is 57.8 Å². The van der Waals surface area contributed by atoms with Gasteiger partial charge >= 0.3 is 0 Å². The van der Waals surface area contributed by atoms with Crippen molar-refractivity contribution in [3.8, 4) is 5.75 Å². The van der Waals surface area contributed by atoms with Gasteiger partial charge in [-0.25, -0.2) is 0 Å². The summed E-state index contributed by atoms with van der Waals surface area (Å²) in [5.41, 5.74) is 4.13. The Morgan fingerprint density at radius 3 is 2.69 bits per heavy atom. The van der Waals surface area contributed by atoms with Crippen molar-refractivity contribution in [1.82, 2.24) is 15.1 Å². The molecule has 32 heavy (non-hydrogen) atoms. The van der Waals surface area contributed by atoms with Gasteiger partial charge in [0.25, 0.3) is 5.91 Å². The summed E-state index contributed by atoms with van der Waals surface area (Å²) in [5.74, 6) is 0.857. The molecule has 0 radical (unpaired) electrons. The number of hydrogen-bond acceptors (Lipinski definition) is 6. The van der Waals surface area contributed by atoms with E-state index < -0.39 is 0 Å². The zero-order valence-electron chi connectivity index (χ0n) is 18.6. The molecule has 2 aliphatic heterocycles. The minimum atomic E-state index is 0.0529. The third kappa shape index (κ3) is 6.07. The summed E-state index contributed by atoms with van der Waals surface area (Å²) >= 11 is 0. The molecule has 0 saturated carbocycles. The largest absolute Gasteiger partial charge is 0.491 e. The van der Waals surface area contributed by atoms with E-state index in [1.54, 1.807) is 0 Å². The van der Waals surface area contributed by atoms with Crippen LogP contribution in [0, 0.1) is 0 Å². The highest BCUT2D eigenvalue weighted by Gasteiger charge is 2.22. The average molecular weight is 440 g/mol. The van der Waals surface area contributed by atoms with E-state index in [9.17, 15) is 4.79 Å². The Hall–Kier alpha value is -2.45. The molecule has 1 amide bonds. The van der Waals surface area contributed by atoms with Crippen LogP contribution in [0.2, 0.25) is 0 Å². The Morgan fingerprint density at radius 1 is 1.00 bits per heavy atom. The van der Waals surface area contributed by atoms with Crippen LogP contribution in [0.15, 0.2) is 42.5 Å². The first-order valence-corrected chi connectivity index (χ1v) is 11.5. The van der Waals surface area contributed by atoms with Crippen molar-refractivity contribution in [3.63, 3.8) is 0 Å². The molecule has 0 aliphatic carbocycles. The zero-order valence-corrected chi connectivity index (χ0v) is 18.6. The van der Waals surface area contributed by atoms with Crippen molar-refractivity contribution >= 4 is 5.91 Å². The molecule has 0 atom stereocenters. The summed E-state index contributed by atoms with van der Waals surface area (Å²) in [5, 5.41) is 12.5. The lowest BCUT2D eigenvalue weighted by atomic mass is 9.99. The molecule has 2 N–H and O–H groups in total. The molecule has 2 aliphatic rings. The maximum Gasteiger partial charge on any atom is 0.253 e. The van der Waals surface area contributed by atoms with Crippen LogP contribution in [0.25, 0.3) is 0 Å². The van der Waals surface area contributed by atoms with Gasteiger partial charge in [-0.2, -0.15) is 0 Å². The lowest BCUT2D eigenvalue weighted by molar-refractivity contribution is 0.0614. The van der Waals surface area contributed by atoms with Crippen LogP contribution in [0.5, 0.6) is 5.75 Å². The quantitative estimate of drug-likeness (QED) is 0.756. The van der Waals surface area contributed by atoms with Crippen LogP contribution < -0.4 is 10.1 Å². The highest BCUT2D eigenvalue weighted by Crippen LogP contribution is 2.25. The first-order valence-electron chi connectivity index (χ1n) is 11.5. The van der Waals surface area contributed by atoms with E-state index in [1.807, 2.05) is 23.1 Å². The van der Waals surface area contributed by atoms with E-state index in [-0.39, 0.29) is 12.5 Å². The molecule has 1 saturated heterocycles. The first-order chi connectivity index (χ1) is 15.7. The second-order valence-electron chi connectivity index (χ2n) is 8.31. The lowest BCUT2D eigenvalue weighted by Crippen LogP contribution is -2.49. The Kier molecular flexibility index (Phi) is 8.12. The molecular weight excluding hydrogens is 406 g/mol. The predicted molar refractivity (Wildman–Crippen MR) is 123 cm³/mol. The fraction of sp³-hybridized carbons (Fsp3) is 0.480. The number of carbonyl (C=O) groups excluding carboxylic acids is 1. The van der Waals surface area contributed by atoms with Crippen LogP contribution in [0.3, 0.4) is 0 Å². The number of carbonyl (C=O) groups is 1. The summed E-state index contributed by atoms with van der Waals surface area (Å²) in [6.07, 6.45) is 0.704. The summed E-state index contributed by atoms with van der Waals surface area (Å²) in [4.78, 5) is 17.3. The SMILES string of the molecule is O=C(c1ccc2c(c1)Cc1cccc(c1)CNCCOCCO2)N1CCN(CCO)CC1. The number of amides is 1. The first kappa shape index (κ1) is 22.7. The minimum absolute atomic E-state index is 0.0529. The minimum Gasteiger partial charge on any atom is -0.491 e. The highest BCUT2D eigenvalue weighted by molar-refractivity contribution is 5.94. The van der Waals surface area contributed by atoms with E-state index >= 15 is 0 Å². The molecule has 4 rings (SSSR count). The topological polar surface area (TPSA) is 74.3 Å². The Labute approximate surface area is 189 Å². The van der Waals surface area contributed by atoms with Gasteiger partial charge in [0.15, 0.2) is 0 Å². The van der Waals surface area contributed by atoms with E-state index in [1.165, 1.54) is 11.1 Å². The van der Waals surface area contributed by atoms with Gasteiger partial charge in [-0.15, -0.1) is 0 Å². The Balaban J connectivity index is 1.53. The molecule has 2 aromatic rings. The standard InChI is InChI=1S/C25H33N3O4/c29-12-11-27-7-9-28(10-8-27)25(30)22-4-5-24-23(18-22)17-20-2-1-3-21(16-20)19-26-6-13-31-14-15-32-24/h1-5,16,18,26,29H,6-15,17,19H2. The molecule has 0 spiro atoms. The van der Waals surface area contributed by atoms with Crippen molar-refractivity contribution in [3.05, 3.63) is 64.7 Å². The number of fused-ring (bicyclic) bond motifs is 3. The maximum atomic E-state index is 13.2. The molecular formula is C25H33N3O4. The molecule has 7 heteroatoms. The predicted octanol–water partition coefficient (Wildman–Crippen LogP) is 1.53. The van der Waals surface area contributed by atoms with Crippen molar-refractivity contribution in [2.45, 2.75) is 13.0 Å². The fourth-order valence-electron chi connectivity index (χ4n) is 4.25. The van der Waals surface area contributed by atoms with Gasteiger partial charge in [0.2, 0.25) is 0 Å². The summed E-state index contributed by atoms with van der Waals surface area (Å²) in [7, 11) is 0. The summed E-state index contributed by atoms with van der Waals surface area (Å²) in [6.45, 7) is 7.03. The van der Waals surface area contributed by atoms with Crippen molar-refractivity contribution in [2.75, 3.05) is 65.7 Å². The van der Waals surface area contributed by atoms with Gasteiger partial charge in [-0.3, -0.25) is 9.69 Å². The van der Waals surface area contributed by atoms with Crippen molar-refractivity contribution in [1.29, 1.82) is 0 Å². The Morgan fingerprint density at radius 2 is 1.84 bits per heavy atom. The van der Waals surface area contributed by atoms with Gasteiger partial charge in [-0.1, -0.05) is 24.3 Å². The average Bonchev–Trinajstić information content (AvgIpc) is 2.81. The lowest BCUT2D eigenvalue weighted by Gasteiger charge is -2.34. The fourth-order valence-corrected chi connectivity index (χ4v) is 4.25. The van der Waals surface area contributed by atoms with Crippen molar-refractivity contribution < 1.29 is 19.4 Å². The third-order valence-electron chi connectivity index (χ3n) is 6.01. The molecule has 1 fully saturated rings. The number of aliphatic hydroxyl groups excluding tert-OH is 1. The van der Waals surface area contributed by atoms with Gasteiger partial charge < -0.3 is 24.8 Å². The zero-order chi connectivity index (χ0) is 22.2. The molecule has 0 unspecified atom stereocenters. The molecule has 7 nitrogen and oxygen atoms in total. The van der Waals surface area contributed by atoms with Gasteiger partial charge in [-0.05, 0) is 34.9 Å². The normalized spacial score (nSPS) is 18.3. The number of hydrogen-bond donors (Lipinski definition) is 2. The van der Waals surface area contributed by atoms with E-state index in [0.717, 1.165) is 37.5 Å². The second-order valence-corrected chi connectivity index (χ2v) is 8.31. The number of rotatable bonds is 3. The number of piperazine rings is 1. The van der Waals surface area contributed by atoms with Crippen LogP contribution in [0.1, 0.15) is 27.0 Å². The number of β-amino-alcohol motifs (C(OH)–C–C–N with tert-alkyl or cyclic N) is 1.